The average molecular weight is 539 g/mol. The first-order chi connectivity index (χ1) is 16.8. The van der Waals surface area contributed by atoms with Crippen molar-refractivity contribution in [2.45, 2.75) is 38.1 Å². The van der Waals surface area contributed by atoms with E-state index in [9.17, 15) is 14.0 Å². The van der Waals surface area contributed by atoms with E-state index in [1.165, 1.54) is 48.4 Å². The highest BCUT2D eigenvalue weighted by molar-refractivity contribution is 7.99. The first-order valence-corrected chi connectivity index (χ1v) is 12.7. The Kier molecular flexibility index (Phi) is 9.30. The molecule has 0 aliphatic rings. The van der Waals surface area contributed by atoms with E-state index in [2.05, 4.69) is 22.1 Å². The fourth-order valence-electron chi connectivity index (χ4n) is 3.09. The Hall–Kier alpha value is -2.89. The molecule has 0 aliphatic heterocycles. The monoisotopic (exact) mass is 538 g/mol. The van der Waals surface area contributed by atoms with Gasteiger partial charge in [-0.25, -0.2) is 9.18 Å². The zero-order valence-electron chi connectivity index (χ0n) is 19.3. The highest BCUT2D eigenvalue weighted by Crippen LogP contribution is 2.31. The van der Waals surface area contributed by atoms with E-state index in [4.69, 9.17) is 21.1 Å². The number of methoxy groups -OCH3 is 1. The number of carbonyl (C=O) groups excluding carboxylic acids is 2. The van der Waals surface area contributed by atoms with Crippen LogP contribution in [0.3, 0.4) is 0 Å². The summed E-state index contributed by atoms with van der Waals surface area (Å²) >= 11 is 8.59. The third-order valence-corrected chi connectivity index (χ3v) is 7.20. The van der Waals surface area contributed by atoms with Crippen LogP contribution in [0.5, 0.6) is 5.75 Å². The molecule has 0 radical (unpaired) electrons. The third kappa shape index (κ3) is 6.62. The molecule has 0 aliphatic carbocycles. The van der Waals surface area contributed by atoms with Crippen molar-refractivity contribution in [3.05, 3.63) is 64.0 Å². The molecule has 1 amide bonds. The van der Waals surface area contributed by atoms with E-state index in [-0.39, 0.29) is 16.7 Å². The minimum atomic E-state index is -0.560. The summed E-state index contributed by atoms with van der Waals surface area (Å²) in [7, 11) is 1.30. The summed E-state index contributed by atoms with van der Waals surface area (Å²) < 4.78 is 25.8. The molecule has 12 heteroatoms. The van der Waals surface area contributed by atoms with E-state index in [1.807, 2.05) is 6.92 Å². The molecule has 8 nitrogen and oxygen atoms in total. The van der Waals surface area contributed by atoms with Crippen molar-refractivity contribution in [1.82, 2.24) is 14.8 Å². The molecule has 2 heterocycles. The number of rotatable bonds is 11. The number of hydrogen-bond donors (Lipinski definition) is 1. The summed E-state index contributed by atoms with van der Waals surface area (Å²) in [6.07, 6.45) is 1.85. The van der Waals surface area contributed by atoms with Gasteiger partial charge in [0.25, 0.3) is 0 Å². The van der Waals surface area contributed by atoms with Gasteiger partial charge in [0.15, 0.2) is 17.1 Å². The summed E-state index contributed by atoms with van der Waals surface area (Å²) in [4.78, 5) is 25.6. The van der Waals surface area contributed by atoms with Gasteiger partial charge in [0.05, 0.1) is 23.4 Å². The van der Waals surface area contributed by atoms with Crippen LogP contribution in [0.25, 0.3) is 0 Å². The van der Waals surface area contributed by atoms with Crippen LogP contribution in [-0.2, 0) is 22.5 Å². The predicted octanol–water partition coefficient (Wildman–Crippen LogP) is 5.54. The Morgan fingerprint density at radius 2 is 2.14 bits per heavy atom. The van der Waals surface area contributed by atoms with Crippen LogP contribution in [0.15, 0.2) is 42.1 Å². The van der Waals surface area contributed by atoms with Crippen molar-refractivity contribution in [2.24, 2.45) is 0 Å². The van der Waals surface area contributed by atoms with Crippen LogP contribution in [0.2, 0.25) is 5.02 Å². The normalized spacial score (nSPS) is 11.7. The molecule has 3 aromatic rings. The fraction of sp³-hybridized carbons (Fsp3) is 0.304. The van der Waals surface area contributed by atoms with Crippen LogP contribution in [-0.4, -0.2) is 39.5 Å². The fourth-order valence-corrected chi connectivity index (χ4v) is 5.05. The average Bonchev–Trinajstić information content (AvgIpc) is 3.43. The quantitative estimate of drug-likeness (QED) is 0.194. The second-order valence-electron chi connectivity index (χ2n) is 7.21. The largest absolute Gasteiger partial charge is 0.481 e. The summed E-state index contributed by atoms with van der Waals surface area (Å²) in [6.45, 7) is 7.88. The van der Waals surface area contributed by atoms with Gasteiger partial charge in [-0.3, -0.25) is 9.36 Å². The third-order valence-electron chi connectivity index (χ3n) is 4.74. The van der Waals surface area contributed by atoms with Gasteiger partial charge < -0.3 is 14.8 Å². The summed E-state index contributed by atoms with van der Waals surface area (Å²) in [5.41, 5.74) is 0.329. The van der Waals surface area contributed by atoms with E-state index in [1.54, 1.807) is 23.6 Å². The number of aryl methyl sites for hydroxylation is 1. The van der Waals surface area contributed by atoms with Crippen molar-refractivity contribution in [2.75, 3.05) is 18.2 Å². The topological polar surface area (TPSA) is 95.3 Å². The molecular formula is C23H24ClFN4O4S2. The van der Waals surface area contributed by atoms with Crippen molar-refractivity contribution in [1.29, 1.82) is 0 Å². The maximum absolute atomic E-state index is 13.3. The molecule has 0 fully saturated rings. The lowest BCUT2D eigenvalue weighted by Gasteiger charge is -2.16. The Labute approximate surface area is 215 Å². The maximum Gasteiger partial charge on any atom is 0.340 e. The maximum atomic E-state index is 13.3. The molecule has 2 aromatic heterocycles. The number of ether oxygens (including phenoxy) is 2. The molecule has 1 aromatic carbocycles. The number of halogens is 2. The number of esters is 1. The van der Waals surface area contributed by atoms with Gasteiger partial charge >= 0.3 is 5.97 Å². The SMILES string of the molecule is C=CCn1c(SCC(=O)Nc2sc(CC)cc2C(=O)OC)nnc1C(C)Oc1ccc(F)cc1Cl. The number of thioether (sulfide) groups is 1. The molecule has 35 heavy (non-hydrogen) atoms. The van der Waals surface area contributed by atoms with Gasteiger partial charge in [-0.2, -0.15) is 0 Å². The van der Waals surface area contributed by atoms with E-state index >= 15 is 0 Å². The summed E-state index contributed by atoms with van der Waals surface area (Å²) in [5.74, 6) is -0.433. The summed E-state index contributed by atoms with van der Waals surface area (Å²) in [5, 5.41) is 12.3. The van der Waals surface area contributed by atoms with Crippen LogP contribution in [0, 0.1) is 5.82 Å². The van der Waals surface area contributed by atoms with Crippen molar-refractivity contribution < 1.29 is 23.5 Å². The Morgan fingerprint density at radius 1 is 1.37 bits per heavy atom. The van der Waals surface area contributed by atoms with Crippen LogP contribution < -0.4 is 10.1 Å². The number of aromatic nitrogens is 3. The number of anilines is 1. The second-order valence-corrected chi connectivity index (χ2v) is 9.70. The molecular weight excluding hydrogens is 515 g/mol. The minimum Gasteiger partial charge on any atom is -0.481 e. The van der Waals surface area contributed by atoms with Crippen LogP contribution in [0.1, 0.15) is 41.0 Å². The number of allylic oxidation sites excluding steroid dienone is 1. The van der Waals surface area contributed by atoms with Crippen molar-refractivity contribution in [3.63, 3.8) is 0 Å². The lowest BCUT2D eigenvalue weighted by molar-refractivity contribution is -0.113. The summed E-state index contributed by atoms with van der Waals surface area (Å²) in [6, 6.07) is 5.59. The molecule has 0 bridgehead atoms. The number of nitrogens with zero attached hydrogens (tertiary/aromatic N) is 3. The van der Waals surface area contributed by atoms with Gasteiger partial charge in [-0.15, -0.1) is 28.1 Å². The zero-order valence-corrected chi connectivity index (χ0v) is 21.7. The smallest absolute Gasteiger partial charge is 0.340 e. The van der Waals surface area contributed by atoms with Crippen molar-refractivity contribution >= 4 is 51.6 Å². The number of nitrogens with one attached hydrogen (secondary N) is 1. The van der Waals surface area contributed by atoms with E-state index in [0.717, 1.165) is 11.3 Å². The van der Waals surface area contributed by atoms with Crippen LogP contribution >= 0.6 is 34.7 Å². The van der Waals surface area contributed by atoms with Gasteiger partial charge in [0.2, 0.25) is 5.91 Å². The molecule has 1 unspecified atom stereocenters. The number of benzene rings is 1. The molecule has 1 atom stereocenters. The standard InChI is InChI=1S/C23H24ClFN4O4S2/c1-5-9-29-20(13(3)33-18-8-7-14(25)10-17(18)24)27-28-23(29)34-12-19(30)26-21-16(22(31)32-4)11-15(6-2)35-21/h5,7-8,10-11,13H,1,6,9,12H2,2-4H3,(H,26,30). The molecule has 0 saturated heterocycles. The molecule has 0 saturated carbocycles. The molecule has 3 rings (SSSR count). The minimum absolute atomic E-state index is 0.0360. The van der Waals surface area contributed by atoms with Crippen LogP contribution in [0.4, 0.5) is 9.39 Å². The lowest BCUT2D eigenvalue weighted by Crippen LogP contribution is -2.16. The molecule has 0 spiro atoms. The highest BCUT2D eigenvalue weighted by atomic mass is 35.5. The number of thiophene rings is 1. The molecule has 186 valence electrons. The first kappa shape index (κ1) is 26.7. The number of amides is 1. The molecule has 1 N–H and O–H groups in total. The number of hydrogen-bond acceptors (Lipinski definition) is 8. The highest BCUT2D eigenvalue weighted by Gasteiger charge is 2.22. The number of carbonyl (C=O) groups is 2. The second kappa shape index (κ2) is 12.2. The Balaban J connectivity index is 1.71. The predicted molar refractivity (Wildman–Crippen MR) is 135 cm³/mol. The van der Waals surface area contributed by atoms with Crippen molar-refractivity contribution in [3.8, 4) is 5.75 Å². The van der Waals surface area contributed by atoms with E-state index in [0.29, 0.717) is 33.8 Å². The van der Waals surface area contributed by atoms with Gasteiger partial charge in [0.1, 0.15) is 16.6 Å². The van der Waals surface area contributed by atoms with Gasteiger partial charge in [0, 0.05) is 11.4 Å². The first-order valence-electron chi connectivity index (χ1n) is 10.6. The zero-order chi connectivity index (χ0) is 25.5. The van der Waals surface area contributed by atoms with Gasteiger partial charge in [-0.05, 0) is 37.6 Å². The Morgan fingerprint density at radius 3 is 2.80 bits per heavy atom. The Bertz CT molecular complexity index is 1230. The van der Waals surface area contributed by atoms with E-state index < -0.39 is 17.9 Å². The lowest BCUT2D eigenvalue weighted by atomic mass is 10.2. The van der Waals surface area contributed by atoms with Gasteiger partial charge in [-0.1, -0.05) is 36.4 Å².